The lowest BCUT2D eigenvalue weighted by Gasteiger charge is -2.07. The van der Waals surface area contributed by atoms with Crippen molar-refractivity contribution in [3.05, 3.63) is 75.5 Å². The van der Waals surface area contributed by atoms with E-state index in [2.05, 4.69) is 15.2 Å². The molecule has 0 radical (unpaired) electrons. The Morgan fingerprint density at radius 1 is 1.14 bits per heavy atom. The van der Waals surface area contributed by atoms with Crippen molar-refractivity contribution in [1.82, 2.24) is 19.9 Å². The number of fused-ring (bicyclic) bond motifs is 1. The fraction of sp³-hybridized carbons (Fsp3) is 0.105. The molecule has 2 aromatic heterocycles. The second-order valence-electron chi connectivity index (χ2n) is 5.92. The first-order chi connectivity index (χ1) is 13.5. The van der Waals surface area contributed by atoms with E-state index in [0.717, 1.165) is 10.2 Å². The van der Waals surface area contributed by atoms with Crippen LogP contribution in [-0.2, 0) is 18.4 Å². The molecule has 28 heavy (non-hydrogen) atoms. The van der Waals surface area contributed by atoms with Crippen LogP contribution in [0.2, 0.25) is 5.02 Å². The van der Waals surface area contributed by atoms with Crippen LogP contribution in [0.25, 0.3) is 22.2 Å². The molecule has 0 fully saturated rings. The molecule has 0 N–H and O–H groups in total. The summed E-state index contributed by atoms with van der Waals surface area (Å²) in [4.78, 5) is 28.8. The Kier molecular flexibility index (Phi) is 4.62. The summed E-state index contributed by atoms with van der Waals surface area (Å²) >= 11 is 5.86. The van der Waals surface area contributed by atoms with E-state index in [9.17, 15) is 9.59 Å². The van der Waals surface area contributed by atoms with Crippen molar-refractivity contribution in [3.63, 3.8) is 0 Å². The maximum Gasteiger partial charge on any atom is 0.359 e. The normalized spacial score (nSPS) is 10.9. The van der Waals surface area contributed by atoms with Crippen LogP contribution >= 0.6 is 11.6 Å². The SMILES string of the molecule is Cn1nc(C(=O)OCc2nc(-c3ccc(Cl)cc3)no2)c2ccccc2c1=O. The lowest BCUT2D eigenvalue weighted by molar-refractivity contribution is 0.0423. The van der Waals surface area contributed by atoms with Crippen LogP contribution in [-0.4, -0.2) is 25.9 Å². The average molecular weight is 397 g/mol. The number of carbonyl (C=O) groups excluding carboxylic acids is 1. The number of rotatable bonds is 4. The molecule has 140 valence electrons. The highest BCUT2D eigenvalue weighted by atomic mass is 35.5. The maximum atomic E-state index is 12.5. The number of benzene rings is 2. The molecule has 2 aromatic carbocycles. The quantitative estimate of drug-likeness (QED) is 0.489. The van der Waals surface area contributed by atoms with Crippen LogP contribution in [0.15, 0.2) is 57.8 Å². The summed E-state index contributed by atoms with van der Waals surface area (Å²) < 4.78 is 11.5. The number of nitrogens with zero attached hydrogens (tertiary/aromatic N) is 4. The van der Waals surface area contributed by atoms with E-state index in [1.54, 1.807) is 48.5 Å². The van der Waals surface area contributed by atoms with Crippen LogP contribution in [0.3, 0.4) is 0 Å². The highest BCUT2D eigenvalue weighted by Crippen LogP contribution is 2.19. The highest BCUT2D eigenvalue weighted by molar-refractivity contribution is 6.30. The monoisotopic (exact) mass is 396 g/mol. The molecular weight excluding hydrogens is 384 g/mol. The minimum Gasteiger partial charge on any atom is -0.451 e. The summed E-state index contributed by atoms with van der Waals surface area (Å²) in [7, 11) is 1.47. The predicted molar refractivity (Wildman–Crippen MR) is 101 cm³/mol. The summed E-state index contributed by atoms with van der Waals surface area (Å²) in [5.74, 6) is -0.209. The number of aryl methyl sites for hydroxylation is 1. The van der Waals surface area contributed by atoms with E-state index >= 15 is 0 Å². The third kappa shape index (κ3) is 3.37. The van der Waals surface area contributed by atoms with Crippen LogP contribution in [0.1, 0.15) is 16.4 Å². The average Bonchev–Trinajstić information content (AvgIpc) is 3.18. The van der Waals surface area contributed by atoms with Gasteiger partial charge in [-0.25, -0.2) is 9.48 Å². The van der Waals surface area contributed by atoms with Gasteiger partial charge in [-0.05, 0) is 30.3 Å². The summed E-state index contributed by atoms with van der Waals surface area (Å²) in [6.45, 7) is -0.224. The minimum absolute atomic E-state index is 0.0372. The van der Waals surface area contributed by atoms with Gasteiger partial charge in [0, 0.05) is 23.0 Å². The van der Waals surface area contributed by atoms with Gasteiger partial charge in [0.1, 0.15) is 0 Å². The molecule has 0 spiro atoms. The fourth-order valence-electron chi connectivity index (χ4n) is 2.68. The van der Waals surface area contributed by atoms with Gasteiger partial charge in [-0.2, -0.15) is 10.1 Å². The Morgan fingerprint density at radius 3 is 2.61 bits per heavy atom. The van der Waals surface area contributed by atoms with E-state index in [4.69, 9.17) is 20.9 Å². The molecule has 0 saturated carbocycles. The Balaban J connectivity index is 1.54. The van der Waals surface area contributed by atoms with Crippen LogP contribution in [0.4, 0.5) is 0 Å². The van der Waals surface area contributed by atoms with Crippen molar-refractivity contribution in [1.29, 1.82) is 0 Å². The molecular formula is C19H13ClN4O4. The smallest absolute Gasteiger partial charge is 0.359 e. The van der Waals surface area contributed by atoms with Gasteiger partial charge in [0.2, 0.25) is 5.82 Å². The van der Waals surface area contributed by atoms with Gasteiger partial charge in [0.25, 0.3) is 11.4 Å². The van der Waals surface area contributed by atoms with Crippen LogP contribution < -0.4 is 5.56 Å². The second kappa shape index (κ2) is 7.24. The van der Waals surface area contributed by atoms with Gasteiger partial charge in [-0.15, -0.1) is 0 Å². The van der Waals surface area contributed by atoms with Crippen molar-refractivity contribution < 1.29 is 14.1 Å². The molecule has 0 atom stereocenters. The molecule has 0 aliphatic rings. The van der Waals surface area contributed by atoms with Crippen LogP contribution in [0.5, 0.6) is 0 Å². The lowest BCUT2D eigenvalue weighted by Crippen LogP contribution is -2.23. The fourth-order valence-corrected chi connectivity index (χ4v) is 2.80. The zero-order valence-electron chi connectivity index (χ0n) is 14.6. The Bertz CT molecular complexity index is 1230. The zero-order chi connectivity index (χ0) is 19.7. The summed E-state index contributed by atoms with van der Waals surface area (Å²) in [5.41, 5.74) is 0.461. The maximum absolute atomic E-state index is 12.5. The molecule has 0 saturated heterocycles. The van der Waals surface area contributed by atoms with Crippen molar-refractivity contribution >= 4 is 28.3 Å². The van der Waals surface area contributed by atoms with Gasteiger partial charge in [0.05, 0.1) is 5.39 Å². The Hall–Kier alpha value is -3.52. The molecule has 9 heteroatoms. The lowest BCUT2D eigenvalue weighted by atomic mass is 10.1. The van der Waals surface area contributed by atoms with Crippen molar-refractivity contribution in [2.45, 2.75) is 6.61 Å². The highest BCUT2D eigenvalue weighted by Gasteiger charge is 2.18. The largest absolute Gasteiger partial charge is 0.451 e. The number of esters is 1. The molecule has 2 heterocycles. The van der Waals surface area contributed by atoms with Crippen molar-refractivity contribution in [3.8, 4) is 11.4 Å². The van der Waals surface area contributed by atoms with E-state index in [0.29, 0.717) is 21.6 Å². The number of aromatic nitrogens is 4. The summed E-state index contributed by atoms with van der Waals surface area (Å²) in [5, 5.41) is 9.28. The summed E-state index contributed by atoms with van der Waals surface area (Å²) in [6.07, 6.45) is 0. The summed E-state index contributed by atoms with van der Waals surface area (Å²) in [6, 6.07) is 13.6. The molecule has 0 amide bonds. The number of halogens is 1. The number of carbonyl (C=O) groups is 1. The number of ether oxygens (including phenoxy) is 1. The number of hydrogen-bond donors (Lipinski definition) is 0. The first-order valence-electron chi connectivity index (χ1n) is 8.24. The standard InChI is InChI=1S/C19H13ClN4O4/c1-24-18(25)14-5-3-2-4-13(14)16(22-24)19(26)27-10-15-21-17(23-28-15)11-6-8-12(20)9-7-11/h2-9H,10H2,1H3. The number of hydrogen-bond acceptors (Lipinski definition) is 7. The van der Waals surface area contributed by atoms with Gasteiger partial charge in [0.15, 0.2) is 12.3 Å². The minimum atomic E-state index is -0.696. The van der Waals surface area contributed by atoms with Gasteiger partial charge in [-0.1, -0.05) is 35.0 Å². The van der Waals surface area contributed by atoms with E-state index in [1.165, 1.54) is 7.05 Å². The third-order valence-corrected chi connectivity index (χ3v) is 4.30. The molecule has 4 aromatic rings. The molecule has 0 aliphatic carbocycles. The van der Waals surface area contributed by atoms with Gasteiger partial charge < -0.3 is 9.26 Å². The van der Waals surface area contributed by atoms with Crippen molar-refractivity contribution in [2.24, 2.45) is 7.05 Å². The second-order valence-corrected chi connectivity index (χ2v) is 6.35. The predicted octanol–water partition coefficient (Wildman–Crippen LogP) is 2.99. The molecule has 4 rings (SSSR count). The molecule has 0 bridgehead atoms. The topological polar surface area (TPSA) is 100 Å². The molecule has 8 nitrogen and oxygen atoms in total. The third-order valence-electron chi connectivity index (χ3n) is 4.05. The van der Waals surface area contributed by atoms with Crippen molar-refractivity contribution in [2.75, 3.05) is 0 Å². The molecule has 0 unspecified atom stereocenters. The van der Waals surface area contributed by atoms with E-state index in [-0.39, 0.29) is 23.8 Å². The Labute approximate surface area is 163 Å². The first kappa shape index (κ1) is 17.9. The zero-order valence-corrected chi connectivity index (χ0v) is 15.4. The first-order valence-corrected chi connectivity index (χ1v) is 8.62. The Morgan fingerprint density at radius 2 is 1.86 bits per heavy atom. The molecule has 0 aliphatic heterocycles. The van der Waals surface area contributed by atoms with Crippen LogP contribution in [0, 0.1) is 0 Å². The van der Waals surface area contributed by atoms with Gasteiger partial charge in [-0.3, -0.25) is 4.79 Å². The van der Waals surface area contributed by atoms with E-state index < -0.39 is 5.97 Å². The van der Waals surface area contributed by atoms with Gasteiger partial charge >= 0.3 is 5.97 Å². The van der Waals surface area contributed by atoms with E-state index in [1.807, 2.05) is 0 Å².